The summed E-state index contributed by atoms with van der Waals surface area (Å²) in [7, 11) is -3.60. The second kappa shape index (κ2) is 5.37. The molecular weight excluding hydrogens is 308 g/mol. The molecule has 21 heavy (non-hydrogen) atoms. The summed E-state index contributed by atoms with van der Waals surface area (Å²) in [4.78, 5) is 0.175. The summed E-state index contributed by atoms with van der Waals surface area (Å²) in [5.74, 6) is 0.469. The van der Waals surface area contributed by atoms with Gasteiger partial charge in [0.1, 0.15) is 10.6 Å². The molecule has 1 heterocycles. The van der Waals surface area contributed by atoms with Gasteiger partial charge in [0.15, 0.2) is 0 Å². The SMILES string of the molecule is CSC1(CNS(=O)(=O)c2cc(N)cc3c2OCCC3)CC1. The normalized spacial score (nSPS) is 19.7. The monoisotopic (exact) mass is 328 g/mol. The maximum absolute atomic E-state index is 12.6. The van der Waals surface area contributed by atoms with Crippen LogP contribution in [-0.2, 0) is 16.4 Å². The number of sulfonamides is 1. The van der Waals surface area contributed by atoms with Crippen molar-refractivity contribution in [2.24, 2.45) is 0 Å². The van der Waals surface area contributed by atoms with Gasteiger partial charge >= 0.3 is 0 Å². The van der Waals surface area contributed by atoms with Crippen LogP contribution in [0.4, 0.5) is 5.69 Å². The highest BCUT2D eigenvalue weighted by Gasteiger charge is 2.42. The number of ether oxygens (including phenoxy) is 1. The van der Waals surface area contributed by atoms with Crippen LogP contribution in [0.5, 0.6) is 5.75 Å². The highest BCUT2D eigenvalue weighted by molar-refractivity contribution is 8.00. The largest absolute Gasteiger partial charge is 0.492 e. The average Bonchev–Trinajstić information content (AvgIpc) is 3.25. The average molecular weight is 328 g/mol. The third kappa shape index (κ3) is 3.00. The van der Waals surface area contributed by atoms with Crippen molar-refractivity contribution >= 4 is 27.5 Å². The minimum atomic E-state index is -3.60. The van der Waals surface area contributed by atoms with Crippen molar-refractivity contribution in [1.29, 1.82) is 0 Å². The topological polar surface area (TPSA) is 81.4 Å². The molecule has 3 N–H and O–H groups in total. The van der Waals surface area contributed by atoms with Crippen LogP contribution >= 0.6 is 11.8 Å². The van der Waals surface area contributed by atoms with Gasteiger partial charge in [0.05, 0.1) is 6.61 Å². The van der Waals surface area contributed by atoms with Gasteiger partial charge in [0, 0.05) is 17.0 Å². The van der Waals surface area contributed by atoms with Gasteiger partial charge in [-0.2, -0.15) is 11.8 Å². The van der Waals surface area contributed by atoms with Crippen LogP contribution in [0.2, 0.25) is 0 Å². The molecule has 1 saturated carbocycles. The van der Waals surface area contributed by atoms with Gasteiger partial charge in [-0.15, -0.1) is 0 Å². The summed E-state index contributed by atoms with van der Waals surface area (Å²) in [6.07, 6.45) is 5.83. The summed E-state index contributed by atoms with van der Waals surface area (Å²) >= 11 is 1.72. The lowest BCUT2D eigenvalue weighted by atomic mass is 10.1. The molecule has 1 fully saturated rings. The highest BCUT2D eigenvalue weighted by Crippen LogP contribution is 2.46. The Kier molecular flexibility index (Phi) is 3.83. The molecule has 116 valence electrons. The number of benzene rings is 1. The summed E-state index contributed by atoms with van der Waals surface area (Å²) in [6.45, 7) is 1.01. The van der Waals surface area contributed by atoms with Gasteiger partial charge in [0.25, 0.3) is 0 Å². The number of anilines is 1. The molecule has 5 nitrogen and oxygen atoms in total. The Labute approximate surface area is 129 Å². The van der Waals surface area contributed by atoms with Crippen molar-refractivity contribution in [2.75, 3.05) is 25.1 Å². The van der Waals surface area contributed by atoms with E-state index in [-0.39, 0.29) is 9.64 Å². The minimum absolute atomic E-state index is 0.0777. The van der Waals surface area contributed by atoms with Crippen LogP contribution in [0.1, 0.15) is 24.8 Å². The van der Waals surface area contributed by atoms with E-state index in [9.17, 15) is 8.42 Å². The predicted octanol–water partition coefficient (Wildman–Crippen LogP) is 1.77. The Morgan fingerprint density at radius 3 is 2.86 bits per heavy atom. The zero-order valence-electron chi connectivity index (χ0n) is 12.0. The van der Waals surface area contributed by atoms with E-state index in [0.29, 0.717) is 24.6 Å². The molecule has 0 radical (unpaired) electrons. The molecule has 0 bridgehead atoms. The summed E-state index contributed by atoms with van der Waals surface area (Å²) in [5.41, 5.74) is 7.19. The number of rotatable bonds is 5. The standard InChI is InChI=1S/C14H20N2O3S2/c1-20-14(4-5-14)9-16-21(17,18)12-8-11(15)7-10-3-2-6-19-13(10)12/h7-8,16H,2-6,9,15H2,1H3. The number of hydrogen-bond acceptors (Lipinski definition) is 5. The lowest BCUT2D eigenvalue weighted by Crippen LogP contribution is -2.32. The van der Waals surface area contributed by atoms with Gasteiger partial charge in [0.2, 0.25) is 10.0 Å². The first-order valence-corrected chi connectivity index (χ1v) is 9.77. The lowest BCUT2D eigenvalue weighted by Gasteiger charge is -2.22. The van der Waals surface area contributed by atoms with E-state index in [4.69, 9.17) is 10.5 Å². The van der Waals surface area contributed by atoms with E-state index in [1.165, 1.54) is 6.07 Å². The fourth-order valence-corrected chi connectivity index (χ4v) is 4.73. The molecule has 0 atom stereocenters. The first-order chi connectivity index (χ1) is 9.96. The lowest BCUT2D eigenvalue weighted by molar-refractivity contribution is 0.280. The van der Waals surface area contributed by atoms with E-state index in [2.05, 4.69) is 4.72 Å². The number of nitrogens with one attached hydrogen (secondary N) is 1. The fourth-order valence-electron chi connectivity index (χ4n) is 2.57. The Hall–Kier alpha value is -0.920. The molecule has 1 aromatic rings. The quantitative estimate of drug-likeness (QED) is 0.805. The molecule has 0 spiro atoms. The van der Waals surface area contributed by atoms with Crippen molar-refractivity contribution in [2.45, 2.75) is 35.3 Å². The second-order valence-electron chi connectivity index (χ2n) is 5.67. The molecule has 0 amide bonds. The number of thioether (sulfide) groups is 1. The molecule has 0 saturated heterocycles. The second-order valence-corrected chi connectivity index (χ2v) is 8.68. The maximum atomic E-state index is 12.6. The first kappa shape index (κ1) is 15.0. The van der Waals surface area contributed by atoms with E-state index in [0.717, 1.165) is 31.2 Å². The molecule has 0 aromatic heterocycles. The zero-order chi connectivity index (χ0) is 15.1. The molecular formula is C14H20N2O3S2. The van der Waals surface area contributed by atoms with Crippen LogP contribution in [0.3, 0.4) is 0 Å². The zero-order valence-corrected chi connectivity index (χ0v) is 13.6. The van der Waals surface area contributed by atoms with Gasteiger partial charge in [-0.1, -0.05) is 0 Å². The highest BCUT2D eigenvalue weighted by atomic mass is 32.2. The Morgan fingerprint density at radius 2 is 2.19 bits per heavy atom. The van der Waals surface area contributed by atoms with Crippen molar-refractivity contribution < 1.29 is 13.2 Å². The molecule has 7 heteroatoms. The van der Waals surface area contributed by atoms with Crippen LogP contribution in [0.25, 0.3) is 0 Å². The first-order valence-electron chi connectivity index (χ1n) is 7.06. The van der Waals surface area contributed by atoms with Crippen LogP contribution < -0.4 is 15.2 Å². The van der Waals surface area contributed by atoms with Gasteiger partial charge < -0.3 is 10.5 Å². The van der Waals surface area contributed by atoms with Crippen LogP contribution in [0, 0.1) is 0 Å². The summed E-state index contributed by atoms with van der Waals surface area (Å²) in [6, 6.07) is 3.29. The minimum Gasteiger partial charge on any atom is -0.492 e. The van der Waals surface area contributed by atoms with Crippen LogP contribution in [-0.4, -0.2) is 32.6 Å². The van der Waals surface area contributed by atoms with E-state index in [1.54, 1.807) is 17.8 Å². The van der Waals surface area contributed by atoms with Gasteiger partial charge in [-0.05, 0) is 49.6 Å². The maximum Gasteiger partial charge on any atom is 0.244 e. The predicted molar refractivity (Wildman–Crippen MR) is 85.3 cm³/mol. The van der Waals surface area contributed by atoms with Crippen molar-refractivity contribution in [3.63, 3.8) is 0 Å². The molecule has 0 unspecified atom stereocenters. The van der Waals surface area contributed by atoms with Crippen molar-refractivity contribution in [1.82, 2.24) is 4.72 Å². The van der Waals surface area contributed by atoms with Crippen LogP contribution in [0.15, 0.2) is 17.0 Å². The smallest absolute Gasteiger partial charge is 0.244 e. The summed E-state index contributed by atoms with van der Waals surface area (Å²) < 4.78 is 33.6. The van der Waals surface area contributed by atoms with Gasteiger partial charge in [-0.3, -0.25) is 0 Å². The summed E-state index contributed by atoms with van der Waals surface area (Å²) in [5, 5.41) is 0. The Bertz CT molecular complexity index is 654. The number of nitrogens with two attached hydrogens (primary N) is 1. The number of fused-ring (bicyclic) bond motifs is 1. The third-order valence-electron chi connectivity index (χ3n) is 4.11. The number of hydrogen-bond donors (Lipinski definition) is 2. The molecule has 1 aliphatic heterocycles. The molecule has 1 aromatic carbocycles. The van der Waals surface area contributed by atoms with E-state index >= 15 is 0 Å². The van der Waals surface area contributed by atoms with Crippen molar-refractivity contribution in [3.05, 3.63) is 17.7 Å². The number of nitrogen functional groups attached to an aromatic ring is 1. The van der Waals surface area contributed by atoms with E-state index in [1.807, 2.05) is 6.26 Å². The Morgan fingerprint density at radius 1 is 1.43 bits per heavy atom. The fraction of sp³-hybridized carbons (Fsp3) is 0.571. The Balaban J connectivity index is 1.89. The molecule has 2 aliphatic rings. The third-order valence-corrected chi connectivity index (χ3v) is 6.93. The van der Waals surface area contributed by atoms with Crippen molar-refractivity contribution in [3.8, 4) is 5.75 Å². The van der Waals surface area contributed by atoms with Gasteiger partial charge in [-0.25, -0.2) is 13.1 Å². The molecule has 1 aliphatic carbocycles. The van der Waals surface area contributed by atoms with E-state index < -0.39 is 10.0 Å². The number of aryl methyl sites for hydroxylation is 1. The molecule has 3 rings (SSSR count).